The van der Waals surface area contributed by atoms with Crippen molar-refractivity contribution >= 4 is 39.1 Å². The zero-order valence-electron chi connectivity index (χ0n) is 21.9. The molecule has 1 aliphatic rings. The Morgan fingerprint density at radius 2 is 2.07 bits per heavy atom. The van der Waals surface area contributed by atoms with E-state index in [0.717, 1.165) is 15.5 Å². The highest BCUT2D eigenvalue weighted by Gasteiger charge is 2.31. The van der Waals surface area contributed by atoms with E-state index in [1.54, 1.807) is 42.6 Å². The molecule has 1 saturated heterocycles. The number of aromatic amines is 1. The van der Waals surface area contributed by atoms with E-state index in [9.17, 15) is 22.4 Å². The molecular formula is C28H25F4N7O2. The summed E-state index contributed by atoms with van der Waals surface area (Å²) in [6.07, 6.45) is -3.61. The highest BCUT2D eigenvalue weighted by molar-refractivity contribution is 6.00. The number of carbonyl (C=O) groups excluding carboxylic acids is 1. The molecule has 9 nitrogen and oxygen atoms in total. The molecule has 0 aliphatic carbocycles. The number of likely N-dealkylation sites (tertiary alicyclic amines) is 1. The van der Waals surface area contributed by atoms with Crippen LogP contribution < -0.4 is 5.32 Å². The third-order valence-electron chi connectivity index (χ3n) is 7.02. The molecule has 13 heteroatoms. The number of benzene rings is 2. The Balaban J connectivity index is 1.29. The molecule has 41 heavy (non-hydrogen) atoms. The number of aliphatic imine (C=N–C) groups is 1. The maximum atomic E-state index is 14.7. The predicted molar refractivity (Wildman–Crippen MR) is 145 cm³/mol. The maximum absolute atomic E-state index is 14.7. The van der Waals surface area contributed by atoms with Gasteiger partial charge in [0.2, 0.25) is 11.7 Å². The van der Waals surface area contributed by atoms with E-state index in [0.29, 0.717) is 35.3 Å². The summed E-state index contributed by atoms with van der Waals surface area (Å²) in [6, 6.07) is 13.3. The van der Waals surface area contributed by atoms with Crippen LogP contribution in [-0.2, 0) is 13.1 Å². The summed E-state index contributed by atoms with van der Waals surface area (Å²) in [4.78, 5) is 26.3. The number of carbonyl (C=O) groups is 1. The molecule has 0 bridgehead atoms. The number of halogens is 4. The fraction of sp³-hybridized carbons (Fsp3) is 0.286. The van der Waals surface area contributed by atoms with Gasteiger partial charge in [-0.3, -0.25) is 9.79 Å². The average molecular weight is 568 g/mol. The molecule has 1 fully saturated rings. The van der Waals surface area contributed by atoms with Crippen LogP contribution in [0.25, 0.3) is 33.3 Å². The molecular weight excluding hydrogens is 542 g/mol. The summed E-state index contributed by atoms with van der Waals surface area (Å²) in [7, 11) is 1.82. The van der Waals surface area contributed by atoms with Gasteiger partial charge in [0.1, 0.15) is 6.54 Å². The number of fused-ring (bicyclic) bond motifs is 2. The first-order valence-corrected chi connectivity index (χ1v) is 12.9. The van der Waals surface area contributed by atoms with Crippen molar-refractivity contribution in [2.45, 2.75) is 31.9 Å². The summed E-state index contributed by atoms with van der Waals surface area (Å²) in [6.45, 7) is -0.580. The van der Waals surface area contributed by atoms with E-state index in [2.05, 4.69) is 25.4 Å². The lowest BCUT2D eigenvalue weighted by Gasteiger charge is -2.26. The molecule has 4 heterocycles. The summed E-state index contributed by atoms with van der Waals surface area (Å²) < 4.78 is 61.9. The molecule has 2 aromatic carbocycles. The van der Waals surface area contributed by atoms with Crippen molar-refractivity contribution in [3.05, 3.63) is 66.2 Å². The maximum Gasteiger partial charge on any atom is 0.406 e. The molecule has 1 aliphatic heterocycles. The number of nitrogens with one attached hydrogen (secondary N) is 2. The number of aromatic nitrogens is 4. The van der Waals surface area contributed by atoms with Crippen molar-refractivity contribution in [1.29, 1.82) is 0 Å². The van der Waals surface area contributed by atoms with Crippen molar-refractivity contribution in [2.24, 2.45) is 4.99 Å². The zero-order valence-corrected chi connectivity index (χ0v) is 21.9. The molecule has 3 aromatic heterocycles. The highest BCUT2D eigenvalue weighted by atomic mass is 19.4. The molecule has 0 radical (unpaired) electrons. The fourth-order valence-corrected chi connectivity index (χ4v) is 5.00. The zero-order chi connectivity index (χ0) is 28.7. The smallest absolute Gasteiger partial charge is 0.361 e. The van der Waals surface area contributed by atoms with E-state index in [-0.39, 0.29) is 41.9 Å². The minimum atomic E-state index is -4.54. The molecule has 0 saturated carbocycles. The van der Waals surface area contributed by atoms with Crippen LogP contribution in [0.4, 0.5) is 23.2 Å². The van der Waals surface area contributed by atoms with Crippen LogP contribution >= 0.6 is 0 Å². The van der Waals surface area contributed by atoms with Crippen molar-refractivity contribution < 1.29 is 26.9 Å². The third kappa shape index (κ3) is 5.57. The number of alkyl halides is 4. The molecule has 6 rings (SSSR count). The van der Waals surface area contributed by atoms with Crippen LogP contribution in [0.5, 0.6) is 0 Å². The quantitative estimate of drug-likeness (QED) is 0.267. The Morgan fingerprint density at radius 1 is 1.22 bits per heavy atom. The molecule has 1 amide bonds. The predicted octanol–water partition coefficient (Wildman–Crippen LogP) is 5.41. The van der Waals surface area contributed by atoms with Gasteiger partial charge < -0.3 is 24.3 Å². The van der Waals surface area contributed by atoms with Crippen LogP contribution in [0.2, 0.25) is 0 Å². The minimum Gasteiger partial charge on any atom is -0.361 e. The SMILES string of the molecule is CN1CCC(=Nc2cccc3c2cc(-c2noc(CNC(=O)c4ccc5[nH]ccc5c4)n2)n3CC(F)(F)F)[C@@H](F)C1. The standard InChI is InChI=1S/C28H25F4N7O2/c1-38-10-8-22(19(29)14-38)35-21-3-2-4-23-18(21)12-24(39(23)15-28(30,31)32)26-36-25(41-37-26)13-34-27(40)17-5-6-20-16(11-17)7-9-33-20/h2-7,9,11-12,19,33H,8,10,13-15H2,1H3,(H,34,40)/t19-/m0/s1. The molecule has 2 N–H and O–H groups in total. The Hall–Kier alpha value is -4.52. The average Bonchev–Trinajstić information content (AvgIpc) is 3.67. The first-order chi connectivity index (χ1) is 19.6. The normalized spacial score (nSPS) is 17.6. The lowest BCUT2D eigenvalue weighted by molar-refractivity contribution is -0.139. The van der Waals surface area contributed by atoms with Gasteiger partial charge in [0, 0.05) is 47.6 Å². The number of piperidine rings is 1. The topological polar surface area (TPSA) is 104 Å². The van der Waals surface area contributed by atoms with Gasteiger partial charge in [-0.1, -0.05) is 11.2 Å². The molecule has 5 aromatic rings. The Bertz CT molecular complexity index is 1770. The highest BCUT2D eigenvalue weighted by Crippen LogP contribution is 2.35. The van der Waals surface area contributed by atoms with Gasteiger partial charge in [0.15, 0.2) is 6.17 Å². The Kier molecular flexibility index (Phi) is 6.81. The first kappa shape index (κ1) is 26.7. The number of amides is 1. The van der Waals surface area contributed by atoms with Crippen LogP contribution in [0.3, 0.4) is 0 Å². The molecule has 0 unspecified atom stereocenters. The molecule has 212 valence electrons. The Morgan fingerprint density at radius 3 is 2.88 bits per heavy atom. The van der Waals surface area contributed by atoms with Crippen LogP contribution in [0, 0.1) is 0 Å². The van der Waals surface area contributed by atoms with E-state index in [1.807, 2.05) is 18.0 Å². The summed E-state index contributed by atoms with van der Waals surface area (Å²) in [5, 5.41) is 7.86. The Labute approximate surface area is 230 Å². The first-order valence-electron chi connectivity index (χ1n) is 12.9. The minimum absolute atomic E-state index is 0.0203. The van der Waals surface area contributed by atoms with Crippen LogP contribution in [0.15, 0.2) is 64.2 Å². The van der Waals surface area contributed by atoms with Crippen molar-refractivity contribution in [2.75, 3.05) is 20.1 Å². The third-order valence-corrected chi connectivity index (χ3v) is 7.02. The number of hydrogen-bond acceptors (Lipinski definition) is 6. The monoisotopic (exact) mass is 567 g/mol. The lowest BCUT2D eigenvalue weighted by Crippen LogP contribution is -2.39. The summed E-state index contributed by atoms with van der Waals surface area (Å²) in [5.41, 5.74) is 2.35. The largest absolute Gasteiger partial charge is 0.406 e. The second-order valence-corrected chi connectivity index (χ2v) is 10.00. The fourth-order valence-electron chi connectivity index (χ4n) is 5.00. The van der Waals surface area contributed by atoms with Crippen LogP contribution in [0.1, 0.15) is 22.7 Å². The second-order valence-electron chi connectivity index (χ2n) is 10.00. The van der Waals surface area contributed by atoms with Crippen molar-refractivity contribution in [3.63, 3.8) is 0 Å². The van der Waals surface area contributed by atoms with Gasteiger partial charge in [-0.15, -0.1) is 0 Å². The van der Waals surface area contributed by atoms with E-state index in [4.69, 9.17) is 4.52 Å². The second kappa shape index (κ2) is 10.5. The van der Waals surface area contributed by atoms with Crippen molar-refractivity contribution in [3.8, 4) is 11.5 Å². The van der Waals surface area contributed by atoms with Crippen molar-refractivity contribution in [1.82, 2.24) is 29.9 Å². The van der Waals surface area contributed by atoms with Gasteiger partial charge in [-0.2, -0.15) is 18.2 Å². The lowest BCUT2D eigenvalue weighted by atomic mass is 10.1. The molecule has 1 atom stereocenters. The summed E-state index contributed by atoms with van der Waals surface area (Å²) in [5.74, 6) is -0.431. The molecule has 0 spiro atoms. The number of nitrogens with zero attached hydrogens (tertiary/aromatic N) is 5. The van der Waals surface area contributed by atoms with E-state index >= 15 is 0 Å². The number of H-pyrrole nitrogens is 1. The summed E-state index contributed by atoms with van der Waals surface area (Å²) >= 11 is 0. The van der Waals surface area contributed by atoms with Crippen LogP contribution in [-0.4, -0.2) is 68.7 Å². The van der Waals surface area contributed by atoms with Gasteiger partial charge in [-0.25, -0.2) is 4.39 Å². The van der Waals surface area contributed by atoms with E-state index in [1.165, 1.54) is 6.07 Å². The number of rotatable bonds is 6. The van der Waals surface area contributed by atoms with Gasteiger partial charge in [0.25, 0.3) is 5.91 Å². The van der Waals surface area contributed by atoms with Gasteiger partial charge >= 0.3 is 6.18 Å². The van der Waals surface area contributed by atoms with Gasteiger partial charge in [-0.05, 0) is 49.5 Å². The number of hydrogen-bond donors (Lipinski definition) is 2. The van der Waals surface area contributed by atoms with E-state index < -0.39 is 18.9 Å². The van der Waals surface area contributed by atoms with Gasteiger partial charge in [0.05, 0.1) is 29.2 Å².